The summed E-state index contributed by atoms with van der Waals surface area (Å²) < 4.78 is 0. The van der Waals surface area contributed by atoms with E-state index in [1.807, 2.05) is 6.92 Å². The van der Waals surface area contributed by atoms with Gasteiger partial charge < -0.3 is 10.2 Å². The Morgan fingerprint density at radius 3 is 2.82 bits per heavy atom. The number of amides is 1. The van der Waals surface area contributed by atoms with Gasteiger partial charge in [0.2, 0.25) is 0 Å². The summed E-state index contributed by atoms with van der Waals surface area (Å²) in [6, 6.07) is 6.76. The molecule has 0 saturated heterocycles. The maximum Gasteiger partial charge on any atom is 0.251 e. The van der Waals surface area contributed by atoms with Crippen molar-refractivity contribution in [2.24, 2.45) is 5.16 Å². The van der Waals surface area contributed by atoms with E-state index in [2.05, 4.69) is 10.5 Å². The SMILES string of the molecule is CC1=NO[C@H](CNC(=O)c2ccc(Cl)cc2)C1. The van der Waals surface area contributed by atoms with Crippen LogP contribution in [0.3, 0.4) is 0 Å². The van der Waals surface area contributed by atoms with Gasteiger partial charge in [-0.1, -0.05) is 16.8 Å². The van der Waals surface area contributed by atoms with E-state index in [1.54, 1.807) is 24.3 Å². The van der Waals surface area contributed by atoms with Crippen LogP contribution in [-0.2, 0) is 4.84 Å². The highest BCUT2D eigenvalue weighted by molar-refractivity contribution is 6.30. The van der Waals surface area contributed by atoms with Crippen molar-refractivity contribution in [3.05, 3.63) is 34.9 Å². The van der Waals surface area contributed by atoms with Crippen LogP contribution in [0.4, 0.5) is 0 Å². The summed E-state index contributed by atoms with van der Waals surface area (Å²) in [6.45, 7) is 2.36. The van der Waals surface area contributed by atoms with Gasteiger partial charge in [-0.05, 0) is 31.2 Å². The van der Waals surface area contributed by atoms with Crippen LogP contribution in [0.15, 0.2) is 29.4 Å². The molecule has 1 aromatic carbocycles. The van der Waals surface area contributed by atoms with Gasteiger partial charge in [-0.25, -0.2) is 0 Å². The van der Waals surface area contributed by atoms with E-state index < -0.39 is 0 Å². The Hall–Kier alpha value is -1.55. The molecule has 2 rings (SSSR count). The van der Waals surface area contributed by atoms with Crippen molar-refractivity contribution >= 4 is 23.2 Å². The van der Waals surface area contributed by atoms with Gasteiger partial charge in [0.1, 0.15) is 6.10 Å². The molecule has 1 aliphatic rings. The molecular weight excluding hydrogens is 240 g/mol. The molecule has 0 fully saturated rings. The van der Waals surface area contributed by atoms with E-state index >= 15 is 0 Å². The molecule has 1 atom stereocenters. The van der Waals surface area contributed by atoms with Crippen LogP contribution in [0.1, 0.15) is 23.7 Å². The average molecular weight is 253 g/mol. The summed E-state index contributed by atoms with van der Waals surface area (Å²) in [4.78, 5) is 16.9. The minimum atomic E-state index is -0.130. The molecular formula is C12H13ClN2O2. The Kier molecular flexibility index (Phi) is 3.64. The summed E-state index contributed by atoms with van der Waals surface area (Å²) >= 11 is 5.75. The third-order valence-electron chi connectivity index (χ3n) is 2.48. The third kappa shape index (κ3) is 3.20. The number of rotatable bonds is 3. The number of oxime groups is 1. The van der Waals surface area contributed by atoms with Crippen LogP contribution in [0.25, 0.3) is 0 Å². The minimum Gasteiger partial charge on any atom is -0.390 e. The number of carbonyl (C=O) groups is 1. The first-order valence-corrected chi connectivity index (χ1v) is 5.76. The van der Waals surface area contributed by atoms with Crippen LogP contribution >= 0.6 is 11.6 Å². The lowest BCUT2D eigenvalue weighted by atomic mass is 10.2. The van der Waals surface area contributed by atoms with E-state index in [4.69, 9.17) is 16.4 Å². The first-order valence-electron chi connectivity index (χ1n) is 5.38. The van der Waals surface area contributed by atoms with Crippen LogP contribution in [0.5, 0.6) is 0 Å². The number of halogens is 1. The summed E-state index contributed by atoms with van der Waals surface area (Å²) in [7, 11) is 0. The number of nitrogens with zero attached hydrogens (tertiary/aromatic N) is 1. The molecule has 0 bridgehead atoms. The predicted octanol–water partition coefficient (Wildman–Crippen LogP) is 2.23. The van der Waals surface area contributed by atoms with Crippen molar-refractivity contribution in [3.8, 4) is 0 Å². The Bertz CT molecular complexity index is 442. The van der Waals surface area contributed by atoms with Gasteiger partial charge in [-0.15, -0.1) is 0 Å². The van der Waals surface area contributed by atoms with Crippen molar-refractivity contribution in [3.63, 3.8) is 0 Å². The highest BCUT2D eigenvalue weighted by atomic mass is 35.5. The van der Waals surface area contributed by atoms with E-state index in [9.17, 15) is 4.79 Å². The Balaban J connectivity index is 1.83. The fraction of sp³-hybridized carbons (Fsp3) is 0.333. The van der Waals surface area contributed by atoms with Crippen molar-refractivity contribution in [2.45, 2.75) is 19.4 Å². The fourth-order valence-corrected chi connectivity index (χ4v) is 1.71. The molecule has 0 aliphatic carbocycles. The van der Waals surface area contributed by atoms with E-state index in [-0.39, 0.29) is 12.0 Å². The molecule has 0 aromatic heterocycles. The average Bonchev–Trinajstić information content (AvgIpc) is 2.73. The summed E-state index contributed by atoms with van der Waals surface area (Å²) in [5.74, 6) is -0.130. The molecule has 17 heavy (non-hydrogen) atoms. The molecule has 0 spiro atoms. The normalized spacial score (nSPS) is 18.5. The largest absolute Gasteiger partial charge is 0.390 e. The number of hydrogen-bond donors (Lipinski definition) is 1. The summed E-state index contributed by atoms with van der Waals surface area (Å²) in [5.41, 5.74) is 1.54. The predicted molar refractivity (Wildman–Crippen MR) is 66.4 cm³/mol. The van der Waals surface area contributed by atoms with Crippen LogP contribution in [0, 0.1) is 0 Å². The first kappa shape index (κ1) is 11.9. The third-order valence-corrected chi connectivity index (χ3v) is 2.73. The molecule has 90 valence electrons. The van der Waals surface area contributed by atoms with Crippen LogP contribution in [0.2, 0.25) is 5.02 Å². The molecule has 0 saturated carbocycles. The van der Waals surface area contributed by atoms with Gasteiger partial charge >= 0.3 is 0 Å². The second-order valence-corrected chi connectivity index (χ2v) is 4.41. The zero-order valence-electron chi connectivity index (χ0n) is 9.44. The first-order chi connectivity index (χ1) is 8.15. The second-order valence-electron chi connectivity index (χ2n) is 3.98. The van der Waals surface area contributed by atoms with Gasteiger partial charge in [0.15, 0.2) is 0 Å². The summed E-state index contributed by atoms with van der Waals surface area (Å²) in [5, 5.41) is 7.24. The quantitative estimate of drug-likeness (QED) is 0.897. The molecule has 1 N–H and O–H groups in total. The lowest BCUT2D eigenvalue weighted by Crippen LogP contribution is -2.32. The van der Waals surface area contributed by atoms with Crippen molar-refractivity contribution < 1.29 is 9.63 Å². The Morgan fingerprint density at radius 2 is 2.24 bits per heavy atom. The van der Waals surface area contributed by atoms with Gasteiger partial charge in [0, 0.05) is 17.0 Å². The standard InChI is InChI=1S/C12H13ClN2O2/c1-8-6-11(17-15-8)7-14-12(16)9-2-4-10(13)5-3-9/h2-5,11H,6-7H2,1H3,(H,14,16)/t11-/m0/s1. The van der Waals surface area contributed by atoms with E-state index in [0.717, 1.165) is 12.1 Å². The number of hydrogen-bond acceptors (Lipinski definition) is 3. The van der Waals surface area contributed by atoms with Gasteiger partial charge in [-0.2, -0.15) is 0 Å². The molecule has 0 radical (unpaired) electrons. The monoisotopic (exact) mass is 252 g/mol. The lowest BCUT2D eigenvalue weighted by Gasteiger charge is -2.09. The number of carbonyl (C=O) groups excluding carboxylic acids is 1. The van der Waals surface area contributed by atoms with Gasteiger partial charge in [0.25, 0.3) is 5.91 Å². The van der Waals surface area contributed by atoms with Crippen molar-refractivity contribution in [2.75, 3.05) is 6.54 Å². The molecule has 1 amide bonds. The molecule has 1 aromatic rings. The number of benzene rings is 1. The van der Waals surface area contributed by atoms with Crippen molar-refractivity contribution in [1.82, 2.24) is 5.32 Å². The van der Waals surface area contributed by atoms with Crippen LogP contribution < -0.4 is 5.32 Å². The number of nitrogens with one attached hydrogen (secondary N) is 1. The highest BCUT2D eigenvalue weighted by Gasteiger charge is 2.18. The van der Waals surface area contributed by atoms with Crippen molar-refractivity contribution in [1.29, 1.82) is 0 Å². The molecule has 0 unspecified atom stereocenters. The zero-order chi connectivity index (χ0) is 12.3. The zero-order valence-corrected chi connectivity index (χ0v) is 10.2. The second kappa shape index (κ2) is 5.19. The van der Waals surface area contributed by atoms with Crippen LogP contribution in [-0.4, -0.2) is 24.3 Å². The molecule has 1 aliphatic heterocycles. The smallest absolute Gasteiger partial charge is 0.251 e. The molecule has 4 nitrogen and oxygen atoms in total. The van der Waals surface area contributed by atoms with Gasteiger partial charge in [0.05, 0.1) is 12.3 Å². The molecule has 1 heterocycles. The Morgan fingerprint density at radius 1 is 1.53 bits per heavy atom. The van der Waals surface area contributed by atoms with E-state index in [0.29, 0.717) is 17.1 Å². The molecule has 5 heteroatoms. The van der Waals surface area contributed by atoms with Gasteiger partial charge in [-0.3, -0.25) is 4.79 Å². The fourth-order valence-electron chi connectivity index (χ4n) is 1.59. The van der Waals surface area contributed by atoms with E-state index in [1.165, 1.54) is 0 Å². The maximum atomic E-state index is 11.7. The lowest BCUT2D eigenvalue weighted by molar-refractivity contribution is 0.0753. The highest BCUT2D eigenvalue weighted by Crippen LogP contribution is 2.11. The summed E-state index contributed by atoms with van der Waals surface area (Å²) in [6.07, 6.45) is 0.715. The Labute approximate surface area is 105 Å². The topological polar surface area (TPSA) is 50.7 Å². The maximum absolute atomic E-state index is 11.7. The minimum absolute atomic E-state index is 0.0498.